The fourth-order valence-electron chi connectivity index (χ4n) is 2.67. The molecule has 6 heteroatoms. The van der Waals surface area contributed by atoms with E-state index in [1.807, 2.05) is 30.3 Å². The van der Waals surface area contributed by atoms with Crippen molar-refractivity contribution in [1.29, 1.82) is 0 Å². The summed E-state index contributed by atoms with van der Waals surface area (Å²) in [6.07, 6.45) is 2.50. The van der Waals surface area contributed by atoms with E-state index in [1.165, 1.54) is 0 Å². The molecule has 0 aliphatic carbocycles. The molecule has 2 aromatic carbocycles. The van der Waals surface area contributed by atoms with Crippen molar-refractivity contribution in [3.63, 3.8) is 0 Å². The third-order valence-corrected chi connectivity index (χ3v) is 5.83. The summed E-state index contributed by atoms with van der Waals surface area (Å²) < 4.78 is 5.66. The molecule has 2 aromatic rings. The predicted octanol–water partition coefficient (Wildman–Crippen LogP) is 5.19. The zero-order chi connectivity index (χ0) is 17.6. The number of ether oxygens (including phenoxy) is 1. The first-order chi connectivity index (χ1) is 12.1. The second kappa shape index (κ2) is 8.95. The number of nitrogens with one attached hydrogen (secondary N) is 1. The molecule has 1 fully saturated rings. The van der Waals surface area contributed by atoms with Gasteiger partial charge in [0.25, 0.3) is 5.91 Å². The van der Waals surface area contributed by atoms with Crippen LogP contribution >= 0.6 is 35.0 Å². The van der Waals surface area contributed by atoms with Crippen LogP contribution < -0.4 is 5.32 Å². The Kier molecular flexibility index (Phi) is 6.65. The lowest BCUT2D eigenvalue weighted by Crippen LogP contribution is -2.23. The van der Waals surface area contributed by atoms with Gasteiger partial charge in [-0.1, -0.05) is 41.4 Å². The van der Waals surface area contributed by atoms with E-state index in [9.17, 15) is 4.79 Å². The second-order valence-electron chi connectivity index (χ2n) is 5.86. The van der Waals surface area contributed by atoms with E-state index in [2.05, 4.69) is 5.32 Å². The van der Waals surface area contributed by atoms with Gasteiger partial charge in [-0.3, -0.25) is 4.79 Å². The van der Waals surface area contributed by atoms with E-state index >= 15 is 0 Å². The number of amides is 1. The second-order valence-corrected chi connectivity index (χ2v) is 7.77. The molecule has 0 spiro atoms. The monoisotopic (exact) mass is 395 g/mol. The lowest BCUT2D eigenvalue weighted by atomic mass is 10.2. The predicted molar refractivity (Wildman–Crippen MR) is 104 cm³/mol. The minimum atomic E-state index is -0.110. The van der Waals surface area contributed by atoms with Crippen molar-refractivity contribution in [3.05, 3.63) is 63.6 Å². The SMILES string of the molecule is O=C(NCc1ccc(Cl)cc1Cl)c1ccccc1SC[C@@H]1CCCO1. The molecular formula is C19H19Cl2NO2S. The van der Waals surface area contributed by atoms with Crippen LogP contribution in [0.3, 0.4) is 0 Å². The van der Waals surface area contributed by atoms with Crippen LogP contribution in [0.15, 0.2) is 47.4 Å². The molecule has 3 nitrogen and oxygen atoms in total. The Morgan fingerprint density at radius 3 is 2.84 bits per heavy atom. The number of rotatable bonds is 6. The molecular weight excluding hydrogens is 377 g/mol. The Morgan fingerprint density at radius 1 is 1.24 bits per heavy atom. The fraction of sp³-hybridized carbons (Fsp3) is 0.316. The summed E-state index contributed by atoms with van der Waals surface area (Å²) in [7, 11) is 0. The third-order valence-electron chi connectivity index (χ3n) is 4.03. The Hall–Kier alpha value is -1.20. The van der Waals surface area contributed by atoms with Gasteiger partial charge in [-0.15, -0.1) is 11.8 Å². The minimum Gasteiger partial charge on any atom is -0.377 e. The van der Waals surface area contributed by atoms with Gasteiger partial charge < -0.3 is 10.1 Å². The molecule has 0 bridgehead atoms. The highest BCUT2D eigenvalue weighted by Gasteiger charge is 2.18. The molecule has 0 radical (unpaired) electrons. The Labute approximate surface area is 162 Å². The van der Waals surface area contributed by atoms with Crippen molar-refractivity contribution in [3.8, 4) is 0 Å². The fourth-order valence-corrected chi connectivity index (χ4v) is 4.27. The molecule has 1 saturated heterocycles. The molecule has 3 rings (SSSR count). The van der Waals surface area contributed by atoms with Gasteiger partial charge in [-0.05, 0) is 42.7 Å². The van der Waals surface area contributed by atoms with Crippen LogP contribution in [0, 0.1) is 0 Å². The van der Waals surface area contributed by atoms with Gasteiger partial charge in [0.2, 0.25) is 0 Å². The van der Waals surface area contributed by atoms with Crippen LogP contribution in [-0.2, 0) is 11.3 Å². The maximum absolute atomic E-state index is 12.6. The first-order valence-corrected chi connectivity index (χ1v) is 9.93. The Balaban J connectivity index is 1.63. The summed E-state index contributed by atoms with van der Waals surface area (Å²) in [6, 6.07) is 12.9. The van der Waals surface area contributed by atoms with Crippen LogP contribution in [-0.4, -0.2) is 24.4 Å². The largest absolute Gasteiger partial charge is 0.377 e. The molecule has 0 saturated carbocycles. The lowest BCUT2D eigenvalue weighted by molar-refractivity contribution is 0.0948. The number of hydrogen-bond acceptors (Lipinski definition) is 3. The third kappa shape index (κ3) is 5.14. The van der Waals surface area contributed by atoms with E-state index in [-0.39, 0.29) is 12.0 Å². The highest BCUT2D eigenvalue weighted by Crippen LogP contribution is 2.27. The maximum atomic E-state index is 12.6. The van der Waals surface area contributed by atoms with Gasteiger partial charge in [-0.2, -0.15) is 0 Å². The first kappa shape index (κ1) is 18.6. The number of carbonyl (C=O) groups is 1. The highest BCUT2D eigenvalue weighted by molar-refractivity contribution is 7.99. The van der Waals surface area contributed by atoms with E-state index in [0.29, 0.717) is 22.2 Å². The van der Waals surface area contributed by atoms with Gasteiger partial charge in [0.05, 0.1) is 11.7 Å². The van der Waals surface area contributed by atoms with Gasteiger partial charge >= 0.3 is 0 Å². The summed E-state index contributed by atoms with van der Waals surface area (Å²) in [5.74, 6) is 0.759. The topological polar surface area (TPSA) is 38.3 Å². The van der Waals surface area contributed by atoms with Crippen LogP contribution in [0.1, 0.15) is 28.8 Å². The smallest absolute Gasteiger partial charge is 0.252 e. The molecule has 1 aliphatic heterocycles. The van der Waals surface area contributed by atoms with Crippen molar-refractivity contribution >= 4 is 40.9 Å². The van der Waals surface area contributed by atoms with Gasteiger partial charge in [0, 0.05) is 33.8 Å². The minimum absolute atomic E-state index is 0.110. The van der Waals surface area contributed by atoms with Crippen LogP contribution in [0.2, 0.25) is 10.0 Å². The quantitative estimate of drug-likeness (QED) is 0.683. The maximum Gasteiger partial charge on any atom is 0.252 e. The summed E-state index contributed by atoms with van der Waals surface area (Å²) in [5.41, 5.74) is 1.51. The van der Waals surface area contributed by atoms with Gasteiger partial charge in [-0.25, -0.2) is 0 Å². The van der Waals surface area contributed by atoms with E-state index in [0.717, 1.165) is 35.7 Å². The van der Waals surface area contributed by atoms with Crippen LogP contribution in [0.25, 0.3) is 0 Å². The van der Waals surface area contributed by atoms with Crippen molar-refractivity contribution < 1.29 is 9.53 Å². The average Bonchev–Trinajstić information content (AvgIpc) is 3.13. The molecule has 1 heterocycles. The number of thioether (sulfide) groups is 1. The van der Waals surface area contributed by atoms with Crippen molar-refractivity contribution in [2.75, 3.05) is 12.4 Å². The molecule has 1 amide bonds. The molecule has 1 aliphatic rings. The normalized spacial score (nSPS) is 16.8. The number of carbonyl (C=O) groups excluding carboxylic acids is 1. The molecule has 1 N–H and O–H groups in total. The van der Waals surface area contributed by atoms with Crippen LogP contribution in [0.5, 0.6) is 0 Å². The van der Waals surface area contributed by atoms with Crippen molar-refractivity contribution in [2.24, 2.45) is 0 Å². The van der Waals surface area contributed by atoms with Crippen LogP contribution in [0.4, 0.5) is 0 Å². The van der Waals surface area contributed by atoms with E-state index in [4.69, 9.17) is 27.9 Å². The Bertz CT molecular complexity index is 748. The average molecular weight is 396 g/mol. The molecule has 25 heavy (non-hydrogen) atoms. The summed E-state index contributed by atoms with van der Waals surface area (Å²) in [4.78, 5) is 13.6. The Morgan fingerprint density at radius 2 is 2.08 bits per heavy atom. The number of hydrogen-bond donors (Lipinski definition) is 1. The van der Waals surface area contributed by atoms with E-state index in [1.54, 1.807) is 23.9 Å². The molecule has 0 aromatic heterocycles. The number of halogens is 2. The van der Waals surface area contributed by atoms with Gasteiger partial charge in [0.1, 0.15) is 0 Å². The molecule has 132 valence electrons. The summed E-state index contributed by atoms with van der Waals surface area (Å²) in [5, 5.41) is 4.06. The lowest BCUT2D eigenvalue weighted by Gasteiger charge is -2.13. The van der Waals surface area contributed by atoms with Gasteiger partial charge in [0.15, 0.2) is 0 Å². The van der Waals surface area contributed by atoms with Crippen molar-refractivity contribution in [2.45, 2.75) is 30.4 Å². The first-order valence-electron chi connectivity index (χ1n) is 8.19. The molecule has 0 unspecified atom stereocenters. The zero-order valence-electron chi connectivity index (χ0n) is 13.6. The highest BCUT2D eigenvalue weighted by atomic mass is 35.5. The van der Waals surface area contributed by atoms with Crippen molar-refractivity contribution in [1.82, 2.24) is 5.32 Å². The summed E-state index contributed by atoms with van der Waals surface area (Å²) >= 11 is 13.7. The molecule has 1 atom stereocenters. The standard InChI is InChI=1S/C19H19Cl2NO2S/c20-14-8-7-13(17(21)10-14)11-22-19(23)16-5-1-2-6-18(16)25-12-15-4-3-9-24-15/h1-2,5-8,10,15H,3-4,9,11-12H2,(H,22,23)/t15-/m0/s1. The van der Waals surface area contributed by atoms with E-state index < -0.39 is 0 Å². The zero-order valence-corrected chi connectivity index (χ0v) is 16.0. The summed E-state index contributed by atoms with van der Waals surface area (Å²) in [6.45, 7) is 1.20. The number of benzene rings is 2.